The third kappa shape index (κ3) is 1.48. The number of H-pyrrole nitrogens is 1. The summed E-state index contributed by atoms with van der Waals surface area (Å²) in [5.41, 5.74) is 8.65. The average molecular weight is 190 g/mol. The van der Waals surface area contributed by atoms with Crippen LogP contribution in [0.1, 0.15) is 17.8 Å². The van der Waals surface area contributed by atoms with Crippen molar-refractivity contribution in [1.29, 1.82) is 0 Å². The minimum atomic E-state index is 0.703. The lowest BCUT2D eigenvalue weighted by Gasteiger charge is -2.00. The third-order valence-electron chi connectivity index (χ3n) is 2.35. The highest BCUT2D eigenvalue weighted by atomic mass is 15.1. The molecule has 0 saturated heterocycles. The van der Waals surface area contributed by atoms with Crippen LogP contribution in [0.3, 0.4) is 0 Å². The minimum Gasteiger partial charge on any atom is -0.330 e. The van der Waals surface area contributed by atoms with Gasteiger partial charge in [-0.05, 0) is 32.4 Å². The maximum atomic E-state index is 5.48. The van der Waals surface area contributed by atoms with E-state index in [0.29, 0.717) is 6.54 Å². The van der Waals surface area contributed by atoms with Crippen LogP contribution in [0.5, 0.6) is 0 Å². The fourth-order valence-corrected chi connectivity index (χ4v) is 1.66. The summed E-state index contributed by atoms with van der Waals surface area (Å²) in [5, 5.41) is 8.31. The van der Waals surface area contributed by atoms with Crippen molar-refractivity contribution in [2.45, 2.75) is 19.8 Å². The van der Waals surface area contributed by atoms with Gasteiger partial charge >= 0.3 is 0 Å². The summed E-state index contributed by atoms with van der Waals surface area (Å²) in [6, 6.07) is 1.95. The predicted octanol–water partition coefficient (Wildman–Crippen LogP) is 1.16. The highest BCUT2D eigenvalue weighted by Crippen LogP contribution is 2.18. The first-order chi connectivity index (χ1) is 6.83. The fraction of sp³-hybridized carbons (Fsp3) is 0.400. The Hall–Kier alpha value is -1.42. The molecule has 0 radical (unpaired) electrons. The van der Waals surface area contributed by atoms with Gasteiger partial charge in [-0.15, -0.1) is 0 Å². The maximum Gasteiger partial charge on any atom is 0.0688 e. The van der Waals surface area contributed by atoms with E-state index in [0.717, 1.165) is 35.1 Å². The number of aromatic amines is 1. The molecule has 2 aromatic rings. The molecule has 0 fully saturated rings. The molecule has 0 amide bonds. The zero-order chi connectivity index (χ0) is 9.97. The average Bonchev–Trinajstić information content (AvgIpc) is 2.58. The standard InChI is InChI=1S/C10H14N4/c1-7-10-8(3-2-5-11)12-6-4-9(10)14-13-7/h4,6H,2-3,5,11H2,1H3,(H,13,14). The van der Waals surface area contributed by atoms with Gasteiger partial charge < -0.3 is 5.73 Å². The van der Waals surface area contributed by atoms with Gasteiger partial charge in [-0.2, -0.15) is 5.10 Å². The molecular weight excluding hydrogens is 176 g/mol. The van der Waals surface area contributed by atoms with Gasteiger partial charge in [-0.1, -0.05) is 0 Å². The van der Waals surface area contributed by atoms with Crippen LogP contribution >= 0.6 is 0 Å². The van der Waals surface area contributed by atoms with Crippen molar-refractivity contribution in [1.82, 2.24) is 15.2 Å². The molecular formula is C10H14N4. The third-order valence-corrected chi connectivity index (χ3v) is 2.35. The lowest BCUT2D eigenvalue weighted by Crippen LogP contribution is -2.01. The number of hydrogen-bond donors (Lipinski definition) is 2. The van der Waals surface area contributed by atoms with Gasteiger partial charge in [0.1, 0.15) is 0 Å². The molecule has 14 heavy (non-hydrogen) atoms. The van der Waals surface area contributed by atoms with Gasteiger partial charge in [0.25, 0.3) is 0 Å². The molecule has 0 aliphatic heterocycles. The number of nitrogens with two attached hydrogens (primary N) is 1. The van der Waals surface area contributed by atoms with E-state index in [1.807, 2.05) is 19.2 Å². The molecule has 0 aliphatic carbocycles. The first kappa shape index (κ1) is 9.15. The van der Waals surface area contributed by atoms with Gasteiger partial charge in [-0.25, -0.2) is 0 Å². The largest absolute Gasteiger partial charge is 0.330 e. The van der Waals surface area contributed by atoms with E-state index < -0.39 is 0 Å². The van der Waals surface area contributed by atoms with E-state index in [9.17, 15) is 0 Å². The highest BCUT2D eigenvalue weighted by Gasteiger charge is 2.07. The molecule has 2 heterocycles. The van der Waals surface area contributed by atoms with Crippen LogP contribution in [0.15, 0.2) is 12.3 Å². The molecule has 0 aliphatic rings. The Morgan fingerprint density at radius 3 is 3.14 bits per heavy atom. The fourth-order valence-electron chi connectivity index (χ4n) is 1.66. The second kappa shape index (κ2) is 3.75. The second-order valence-corrected chi connectivity index (χ2v) is 3.38. The molecule has 4 heteroatoms. The number of pyridine rings is 1. The van der Waals surface area contributed by atoms with E-state index in [2.05, 4.69) is 15.2 Å². The van der Waals surface area contributed by atoms with E-state index in [1.165, 1.54) is 0 Å². The van der Waals surface area contributed by atoms with Crippen molar-refractivity contribution in [3.63, 3.8) is 0 Å². The van der Waals surface area contributed by atoms with Crippen LogP contribution in [-0.2, 0) is 6.42 Å². The second-order valence-electron chi connectivity index (χ2n) is 3.38. The molecule has 0 bridgehead atoms. The Morgan fingerprint density at radius 2 is 2.36 bits per heavy atom. The number of fused-ring (bicyclic) bond motifs is 1. The van der Waals surface area contributed by atoms with Crippen molar-refractivity contribution in [3.8, 4) is 0 Å². The number of aromatic nitrogens is 3. The van der Waals surface area contributed by atoms with Crippen molar-refractivity contribution in [3.05, 3.63) is 23.7 Å². The van der Waals surface area contributed by atoms with E-state index in [4.69, 9.17) is 5.73 Å². The van der Waals surface area contributed by atoms with Crippen LogP contribution in [0, 0.1) is 6.92 Å². The normalized spacial score (nSPS) is 11.0. The number of rotatable bonds is 3. The highest BCUT2D eigenvalue weighted by molar-refractivity contribution is 5.83. The first-order valence-electron chi connectivity index (χ1n) is 4.81. The van der Waals surface area contributed by atoms with Crippen LogP contribution in [0.2, 0.25) is 0 Å². The number of nitrogens with one attached hydrogen (secondary N) is 1. The zero-order valence-electron chi connectivity index (χ0n) is 8.25. The Labute approximate surface area is 82.5 Å². The Morgan fingerprint density at radius 1 is 1.50 bits per heavy atom. The maximum absolute atomic E-state index is 5.48. The topological polar surface area (TPSA) is 67.6 Å². The summed E-state index contributed by atoms with van der Waals surface area (Å²) in [4.78, 5) is 4.36. The van der Waals surface area contributed by atoms with Crippen molar-refractivity contribution >= 4 is 10.9 Å². The number of nitrogens with zero attached hydrogens (tertiary/aromatic N) is 2. The summed E-state index contributed by atoms with van der Waals surface area (Å²) < 4.78 is 0. The molecule has 2 aromatic heterocycles. The zero-order valence-corrected chi connectivity index (χ0v) is 8.25. The minimum absolute atomic E-state index is 0.703. The molecule has 0 atom stereocenters. The van der Waals surface area contributed by atoms with Gasteiger partial charge in [0.05, 0.1) is 16.9 Å². The van der Waals surface area contributed by atoms with Crippen LogP contribution < -0.4 is 5.73 Å². The molecule has 0 spiro atoms. The molecule has 4 nitrogen and oxygen atoms in total. The van der Waals surface area contributed by atoms with Gasteiger partial charge in [0.15, 0.2) is 0 Å². The van der Waals surface area contributed by atoms with E-state index in [1.54, 1.807) is 0 Å². The van der Waals surface area contributed by atoms with Crippen LogP contribution in [0.4, 0.5) is 0 Å². The van der Waals surface area contributed by atoms with Crippen molar-refractivity contribution in [2.24, 2.45) is 5.73 Å². The van der Waals surface area contributed by atoms with E-state index in [-0.39, 0.29) is 0 Å². The van der Waals surface area contributed by atoms with Gasteiger partial charge in [-0.3, -0.25) is 10.1 Å². The lowest BCUT2D eigenvalue weighted by atomic mass is 10.1. The SMILES string of the molecule is Cc1n[nH]c2ccnc(CCCN)c12. The van der Waals surface area contributed by atoms with Crippen molar-refractivity contribution in [2.75, 3.05) is 6.54 Å². The van der Waals surface area contributed by atoms with Crippen LogP contribution in [-0.4, -0.2) is 21.7 Å². The van der Waals surface area contributed by atoms with Gasteiger partial charge in [0, 0.05) is 11.6 Å². The summed E-state index contributed by atoms with van der Waals surface area (Å²) in [6.45, 7) is 2.70. The van der Waals surface area contributed by atoms with Crippen LogP contribution in [0.25, 0.3) is 10.9 Å². The Kier molecular flexibility index (Phi) is 2.45. The quantitative estimate of drug-likeness (QED) is 0.763. The van der Waals surface area contributed by atoms with E-state index >= 15 is 0 Å². The molecule has 0 unspecified atom stereocenters. The molecule has 3 N–H and O–H groups in total. The molecule has 0 saturated carbocycles. The Bertz CT molecular complexity index is 433. The first-order valence-corrected chi connectivity index (χ1v) is 4.81. The Balaban J connectivity index is 2.46. The molecule has 74 valence electrons. The van der Waals surface area contributed by atoms with Gasteiger partial charge in [0.2, 0.25) is 0 Å². The number of hydrogen-bond acceptors (Lipinski definition) is 3. The van der Waals surface area contributed by atoms with Crippen molar-refractivity contribution < 1.29 is 0 Å². The smallest absolute Gasteiger partial charge is 0.0688 e. The molecule has 2 rings (SSSR count). The monoisotopic (exact) mass is 190 g/mol. The summed E-state index contributed by atoms with van der Waals surface area (Å²) in [7, 11) is 0. The predicted molar refractivity (Wildman–Crippen MR) is 56.0 cm³/mol. The molecule has 0 aromatic carbocycles. The number of aryl methyl sites for hydroxylation is 2. The lowest BCUT2D eigenvalue weighted by molar-refractivity contribution is 0.816. The summed E-state index contributed by atoms with van der Waals surface area (Å²) >= 11 is 0. The summed E-state index contributed by atoms with van der Waals surface area (Å²) in [5.74, 6) is 0. The summed E-state index contributed by atoms with van der Waals surface area (Å²) in [6.07, 6.45) is 3.71.